The number of hydrogen-bond donors (Lipinski definition) is 1. The minimum atomic E-state index is -0.528. The number of nitrogens with zero attached hydrogens (tertiary/aromatic N) is 4. The molecule has 1 aliphatic rings. The van der Waals surface area contributed by atoms with Crippen LogP contribution in [0.4, 0.5) is 5.13 Å². The molecule has 24 heavy (non-hydrogen) atoms. The minimum absolute atomic E-state index is 0.00323. The van der Waals surface area contributed by atoms with Crippen molar-refractivity contribution in [2.75, 3.05) is 12.4 Å². The van der Waals surface area contributed by atoms with Gasteiger partial charge in [-0.3, -0.25) is 19.3 Å². The standard InChI is InChI=1S/C14H13N5O3S2/c1-22-6-10-17-18-13(24-10)16-11(20)7-5-15-14-19(12(7)21)8-3-2-4-9(8)23-14/h5H,2-4,6H2,1H3,(H,16,18,20). The van der Waals surface area contributed by atoms with Gasteiger partial charge in [0.05, 0.1) is 0 Å². The molecule has 0 fully saturated rings. The average Bonchev–Trinajstić information content (AvgIpc) is 3.23. The molecule has 1 amide bonds. The van der Waals surface area contributed by atoms with Crippen LogP contribution in [-0.4, -0.2) is 32.6 Å². The van der Waals surface area contributed by atoms with Gasteiger partial charge in [-0.15, -0.1) is 21.5 Å². The van der Waals surface area contributed by atoms with Crippen molar-refractivity contribution in [3.8, 4) is 0 Å². The lowest BCUT2D eigenvalue weighted by molar-refractivity contribution is 0.102. The second-order valence-corrected chi connectivity index (χ2v) is 7.43. The zero-order chi connectivity index (χ0) is 16.7. The number of carbonyl (C=O) groups excluding carboxylic acids is 1. The van der Waals surface area contributed by atoms with Crippen molar-refractivity contribution in [1.29, 1.82) is 0 Å². The van der Waals surface area contributed by atoms with E-state index in [-0.39, 0.29) is 11.1 Å². The highest BCUT2D eigenvalue weighted by atomic mass is 32.1. The molecule has 0 aromatic carbocycles. The van der Waals surface area contributed by atoms with Crippen LogP contribution in [-0.2, 0) is 24.2 Å². The highest BCUT2D eigenvalue weighted by Gasteiger charge is 2.22. The predicted molar refractivity (Wildman–Crippen MR) is 89.9 cm³/mol. The zero-order valence-electron chi connectivity index (χ0n) is 12.7. The number of hydrogen-bond acceptors (Lipinski definition) is 8. The third-order valence-corrected chi connectivity index (χ3v) is 5.72. The Morgan fingerprint density at radius 3 is 3.08 bits per heavy atom. The summed E-state index contributed by atoms with van der Waals surface area (Å²) in [6, 6.07) is 0. The summed E-state index contributed by atoms with van der Waals surface area (Å²) >= 11 is 2.73. The summed E-state index contributed by atoms with van der Waals surface area (Å²) < 4.78 is 6.53. The molecule has 4 rings (SSSR count). The van der Waals surface area contributed by atoms with E-state index in [0.717, 1.165) is 25.0 Å². The van der Waals surface area contributed by atoms with Gasteiger partial charge in [0, 0.05) is 23.9 Å². The molecule has 3 heterocycles. The van der Waals surface area contributed by atoms with Gasteiger partial charge < -0.3 is 4.74 Å². The van der Waals surface area contributed by atoms with E-state index >= 15 is 0 Å². The van der Waals surface area contributed by atoms with Crippen LogP contribution < -0.4 is 10.9 Å². The lowest BCUT2D eigenvalue weighted by atomic mass is 10.3. The molecule has 1 N–H and O–H groups in total. The van der Waals surface area contributed by atoms with Crippen molar-refractivity contribution in [1.82, 2.24) is 19.6 Å². The first-order chi connectivity index (χ1) is 11.7. The highest BCUT2D eigenvalue weighted by molar-refractivity contribution is 7.17. The molecule has 1 aliphatic carbocycles. The summed E-state index contributed by atoms with van der Waals surface area (Å²) in [5.74, 6) is -0.528. The van der Waals surface area contributed by atoms with Crippen molar-refractivity contribution < 1.29 is 9.53 Å². The predicted octanol–water partition coefficient (Wildman–Crippen LogP) is 1.49. The van der Waals surface area contributed by atoms with Crippen molar-refractivity contribution in [2.45, 2.75) is 25.9 Å². The number of carbonyl (C=O) groups is 1. The SMILES string of the molecule is COCc1nnc(NC(=O)c2cnc3sc4c(n3c2=O)CCC4)s1. The molecular formula is C14H13N5O3S2. The molecule has 0 unspecified atom stereocenters. The van der Waals surface area contributed by atoms with Crippen LogP contribution in [0.15, 0.2) is 11.0 Å². The second kappa shape index (κ2) is 6.04. The van der Waals surface area contributed by atoms with E-state index in [1.165, 1.54) is 33.7 Å². The number of amides is 1. The molecule has 0 radical (unpaired) electrons. The van der Waals surface area contributed by atoms with Crippen LogP contribution in [0.25, 0.3) is 4.96 Å². The van der Waals surface area contributed by atoms with Crippen LogP contribution in [0.1, 0.15) is 32.4 Å². The van der Waals surface area contributed by atoms with Gasteiger partial charge in [0.2, 0.25) is 5.13 Å². The maximum atomic E-state index is 12.7. The number of anilines is 1. The zero-order valence-corrected chi connectivity index (χ0v) is 14.4. The lowest BCUT2D eigenvalue weighted by Crippen LogP contribution is -2.27. The fourth-order valence-electron chi connectivity index (χ4n) is 2.71. The Bertz CT molecular complexity index is 990. The van der Waals surface area contributed by atoms with Crippen molar-refractivity contribution in [2.24, 2.45) is 0 Å². The van der Waals surface area contributed by atoms with Gasteiger partial charge in [-0.05, 0) is 19.3 Å². The number of methoxy groups -OCH3 is 1. The monoisotopic (exact) mass is 363 g/mol. The molecule has 124 valence electrons. The maximum Gasteiger partial charge on any atom is 0.271 e. The molecule has 3 aromatic rings. The van der Waals surface area contributed by atoms with E-state index in [1.807, 2.05) is 0 Å². The topological polar surface area (TPSA) is 98.5 Å². The average molecular weight is 363 g/mol. The summed E-state index contributed by atoms with van der Waals surface area (Å²) in [6.45, 7) is 0.324. The van der Waals surface area contributed by atoms with Crippen LogP contribution in [0.2, 0.25) is 0 Å². The Morgan fingerprint density at radius 1 is 1.38 bits per heavy atom. The fraction of sp³-hybridized carbons (Fsp3) is 0.357. The quantitative estimate of drug-likeness (QED) is 0.754. The Labute approximate surface area is 144 Å². The van der Waals surface area contributed by atoms with Gasteiger partial charge in [-0.2, -0.15) is 0 Å². The van der Waals surface area contributed by atoms with Crippen LogP contribution >= 0.6 is 22.7 Å². The number of nitrogens with one attached hydrogen (secondary N) is 1. The first kappa shape index (κ1) is 15.4. The molecule has 0 saturated heterocycles. The van der Waals surface area contributed by atoms with Crippen molar-refractivity contribution in [3.05, 3.63) is 37.7 Å². The molecule has 8 nitrogen and oxygen atoms in total. The molecule has 0 bridgehead atoms. The lowest BCUT2D eigenvalue weighted by Gasteiger charge is -2.02. The molecule has 3 aromatic heterocycles. The van der Waals surface area contributed by atoms with Gasteiger partial charge in [0.25, 0.3) is 11.5 Å². The third kappa shape index (κ3) is 2.52. The van der Waals surface area contributed by atoms with Crippen molar-refractivity contribution in [3.63, 3.8) is 0 Å². The molecule has 0 spiro atoms. The van der Waals surface area contributed by atoms with Gasteiger partial charge in [0.1, 0.15) is 17.2 Å². The number of ether oxygens (including phenoxy) is 1. The fourth-order valence-corrected chi connectivity index (χ4v) is 4.59. The largest absolute Gasteiger partial charge is 0.377 e. The van der Waals surface area contributed by atoms with Crippen LogP contribution in [0.3, 0.4) is 0 Å². The third-order valence-electron chi connectivity index (χ3n) is 3.75. The summed E-state index contributed by atoms with van der Waals surface area (Å²) in [6.07, 6.45) is 4.18. The summed E-state index contributed by atoms with van der Waals surface area (Å²) in [7, 11) is 1.56. The Balaban J connectivity index is 1.66. The van der Waals surface area contributed by atoms with E-state index in [0.29, 0.717) is 21.7 Å². The summed E-state index contributed by atoms with van der Waals surface area (Å²) in [5.41, 5.74) is 0.655. The van der Waals surface area contributed by atoms with Gasteiger partial charge in [-0.25, -0.2) is 4.98 Å². The Hall–Kier alpha value is -2.17. The normalized spacial score (nSPS) is 13.4. The number of aryl methyl sites for hydroxylation is 2. The first-order valence-corrected chi connectivity index (χ1v) is 8.95. The number of rotatable bonds is 4. The van der Waals surface area contributed by atoms with Crippen LogP contribution in [0, 0.1) is 0 Å². The number of aromatic nitrogens is 4. The van der Waals surface area contributed by atoms with Gasteiger partial charge >= 0.3 is 0 Å². The molecule has 0 atom stereocenters. The van der Waals surface area contributed by atoms with Gasteiger partial charge in [0.15, 0.2) is 4.96 Å². The smallest absolute Gasteiger partial charge is 0.271 e. The summed E-state index contributed by atoms with van der Waals surface area (Å²) in [5, 5.41) is 11.3. The van der Waals surface area contributed by atoms with Crippen LogP contribution in [0.5, 0.6) is 0 Å². The molecule has 0 saturated carbocycles. The van der Waals surface area contributed by atoms with E-state index < -0.39 is 5.91 Å². The number of fused-ring (bicyclic) bond motifs is 3. The van der Waals surface area contributed by atoms with E-state index in [2.05, 4.69) is 20.5 Å². The second-order valence-electron chi connectivity index (χ2n) is 5.31. The summed E-state index contributed by atoms with van der Waals surface area (Å²) in [4.78, 5) is 31.2. The molecule has 10 heteroatoms. The molecular weight excluding hydrogens is 350 g/mol. The van der Waals surface area contributed by atoms with E-state index in [4.69, 9.17) is 4.74 Å². The first-order valence-electron chi connectivity index (χ1n) is 7.32. The Kier molecular flexibility index (Phi) is 3.87. The highest BCUT2D eigenvalue weighted by Crippen LogP contribution is 2.29. The number of thiazole rings is 1. The van der Waals surface area contributed by atoms with Gasteiger partial charge in [-0.1, -0.05) is 11.3 Å². The molecule has 0 aliphatic heterocycles. The maximum absolute atomic E-state index is 12.7. The Morgan fingerprint density at radius 2 is 2.25 bits per heavy atom. The minimum Gasteiger partial charge on any atom is -0.377 e. The van der Waals surface area contributed by atoms with Crippen molar-refractivity contribution >= 4 is 38.7 Å². The van der Waals surface area contributed by atoms with E-state index in [1.54, 1.807) is 11.5 Å². The van der Waals surface area contributed by atoms with E-state index in [9.17, 15) is 9.59 Å².